The molecular weight excluding hydrogens is 437 g/mol. The minimum Gasteiger partial charge on any atom is -0.412 e. The van der Waals surface area contributed by atoms with Crippen molar-refractivity contribution in [1.29, 1.82) is 0 Å². The van der Waals surface area contributed by atoms with E-state index < -0.39 is 0 Å². The summed E-state index contributed by atoms with van der Waals surface area (Å²) in [6.45, 7) is 1.75. The first kappa shape index (κ1) is 21.1. The number of aliphatic hydroxyl groups is 3. The van der Waals surface area contributed by atoms with E-state index in [9.17, 15) is 0 Å². The van der Waals surface area contributed by atoms with Gasteiger partial charge in [0.1, 0.15) is 0 Å². The molecule has 7 N–H and O–H groups in total. The predicted octanol–water partition coefficient (Wildman–Crippen LogP) is -2.12. The van der Waals surface area contributed by atoms with Gasteiger partial charge in [0.05, 0.1) is 19.8 Å². The van der Waals surface area contributed by atoms with Crippen molar-refractivity contribution < 1.29 is 46.9 Å². The number of rotatable bonds is 6. The molecule has 1 aromatic carbocycles. The third-order valence-corrected chi connectivity index (χ3v) is 4.81. The van der Waals surface area contributed by atoms with Crippen LogP contribution < -0.4 is 8.81 Å². The van der Waals surface area contributed by atoms with Crippen LogP contribution in [-0.4, -0.2) is 65.2 Å². The molecule has 0 bridgehead atoms. The van der Waals surface area contributed by atoms with Gasteiger partial charge >= 0.3 is 64.9 Å². The SMILES string of the molecule is Nc1cccc[c]1[Hg].O.OCCN(CCO)CCO. The molecule has 1 rings (SSSR count). The van der Waals surface area contributed by atoms with Gasteiger partial charge in [0.25, 0.3) is 0 Å². The van der Waals surface area contributed by atoms with E-state index in [0.29, 0.717) is 45.8 Å². The minimum atomic E-state index is 0. The van der Waals surface area contributed by atoms with Gasteiger partial charge in [-0.25, -0.2) is 0 Å². The van der Waals surface area contributed by atoms with Gasteiger partial charge in [-0.15, -0.1) is 0 Å². The molecule has 19 heavy (non-hydrogen) atoms. The van der Waals surface area contributed by atoms with Crippen molar-refractivity contribution in [3.8, 4) is 0 Å². The summed E-state index contributed by atoms with van der Waals surface area (Å²) in [6.07, 6.45) is 0. The maximum atomic E-state index is 8.48. The van der Waals surface area contributed by atoms with E-state index >= 15 is 0 Å². The summed E-state index contributed by atoms with van der Waals surface area (Å²) in [6, 6.07) is 8.02. The molecule has 0 saturated heterocycles. The van der Waals surface area contributed by atoms with Crippen molar-refractivity contribution in [3.63, 3.8) is 0 Å². The van der Waals surface area contributed by atoms with Crippen LogP contribution in [0.2, 0.25) is 0 Å². The second kappa shape index (κ2) is 14.2. The van der Waals surface area contributed by atoms with E-state index in [-0.39, 0.29) is 25.3 Å². The number of hydrogen-bond donors (Lipinski definition) is 4. The van der Waals surface area contributed by atoms with Gasteiger partial charge in [-0.1, -0.05) is 0 Å². The van der Waals surface area contributed by atoms with E-state index in [1.54, 1.807) is 4.90 Å². The van der Waals surface area contributed by atoms with E-state index in [4.69, 9.17) is 21.1 Å². The first-order valence-electron chi connectivity index (χ1n) is 5.87. The molecule has 0 fully saturated rings. The fraction of sp³-hybridized carbons (Fsp3) is 0.500. The summed E-state index contributed by atoms with van der Waals surface area (Å²) >= 11 is 0.673. The van der Waals surface area contributed by atoms with Crippen molar-refractivity contribution in [1.82, 2.24) is 4.90 Å². The van der Waals surface area contributed by atoms with Gasteiger partial charge in [0.2, 0.25) is 0 Å². The van der Waals surface area contributed by atoms with Crippen molar-refractivity contribution in [2.75, 3.05) is 45.2 Å². The zero-order valence-electron chi connectivity index (χ0n) is 11.1. The molecule has 0 saturated carbocycles. The maximum absolute atomic E-state index is 8.48. The van der Waals surface area contributed by atoms with Gasteiger partial charge in [-0.2, -0.15) is 0 Å². The predicted molar refractivity (Wildman–Crippen MR) is 71.8 cm³/mol. The Hall–Kier alpha value is -0.245. The molecule has 107 valence electrons. The van der Waals surface area contributed by atoms with Crippen LogP contribution in [0.25, 0.3) is 0 Å². The summed E-state index contributed by atoms with van der Waals surface area (Å²) in [4.78, 5) is 1.79. The molecule has 1 aromatic rings. The van der Waals surface area contributed by atoms with Gasteiger partial charge in [-0.3, -0.25) is 4.90 Å². The van der Waals surface area contributed by atoms with Crippen molar-refractivity contribution in [2.24, 2.45) is 0 Å². The minimum absolute atomic E-state index is 0. The number of hydrogen-bond acceptors (Lipinski definition) is 5. The van der Waals surface area contributed by atoms with E-state index in [0.717, 1.165) is 5.69 Å². The van der Waals surface area contributed by atoms with Crippen LogP contribution in [0.15, 0.2) is 24.3 Å². The number of nitrogen functional groups attached to an aromatic ring is 1. The summed E-state index contributed by atoms with van der Waals surface area (Å²) < 4.78 is 1.34. The summed E-state index contributed by atoms with van der Waals surface area (Å²) in [5, 5.41) is 25.5. The normalized spacial score (nSPS) is 9.58. The number of para-hydroxylation sites is 1. The molecule has 0 heterocycles. The Bertz CT molecular complexity index is 280. The van der Waals surface area contributed by atoms with Crippen LogP contribution >= 0.6 is 0 Å². The largest absolute Gasteiger partial charge is 0.412 e. The summed E-state index contributed by atoms with van der Waals surface area (Å²) in [5.41, 5.74) is 6.52. The Balaban J connectivity index is 0. The Morgan fingerprint density at radius 2 is 1.37 bits per heavy atom. The standard InChI is InChI=1S/C6H15NO3.C6H6N.Hg.H2O/c8-4-1-7(2-5-9)3-6-10;7-6-4-2-1-3-5-6;;/h8-10H,1-6H2;1-4H,7H2;;1H2. The Morgan fingerprint density at radius 3 is 1.63 bits per heavy atom. The van der Waals surface area contributed by atoms with Gasteiger partial charge in [0.15, 0.2) is 0 Å². The molecule has 0 atom stereocenters. The molecule has 0 aliphatic carbocycles. The quantitative estimate of drug-likeness (QED) is 0.286. The first-order chi connectivity index (χ1) is 8.65. The Labute approximate surface area is 130 Å². The maximum Gasteiger partial charge on any atom is 0.0558 e. The second-order valence-corrected chi connectivity index (χ2v) is 6.67. The Morgan fingerprint density at radius 1 is 0.947 bits per heavy atom. The van der Waals surface area contributed by atoms with E-state index in [1.807, 2.05) is 18.2 Å². The van der Waals surface area contributed by atoms with E-state index in [1.165, 1.54) is 3.07 Å². The van der Waals surface area contributed by atoms with Gasteiger partial charge in [-0.05, 0) is 0 Å². The van der Waals surface area contributed by atoms with Gasteiger partial charge in [0, 0.05) is 19.6 Å². The topological polar surface area (TPSA) is 121 Å². The molecule has 0 aromatic heterocycles. The number of aliphatic hydroxyl groups excluding tert-OH is 3. The van der Waals surface area contributed by atoms with Crippen LogP contribution in [0.1, 0.15) is 0 Å². The van der Waals surface area contributed by atoms with E-state index in [2.05, 4.69) is 6.07 Å². The first-order valence-corrected chi connectivity index (χ1v) is 8.62. The zero-order chi connectivity index (χ0) is 13.8. The van der Waals surface area contributed by atoms with Gasteiger partial charge < -0.3 is 20.8 Å². The van der Waals surface area contributed by atoms with Crippen molar-refractivity contribution in [2.45, 2.75) is 0 Å². The van der Waals surface area contributed by atoms with Crippen molar-refractivity contribution >= 4 is 8.76 Å². The molecule has 0 unspecified atom stereocenters. The smallest absolute Gasteiger partial charge is 0.0558 e. The molecule has 0 amide bonds. The summed E-state index contributed by atoms with van der Waals surface area (Å²) in [5.74, 6) is 0. The van der Waals surface area contributed by atoms with Crippen LogP contribution in [-0.2, 0) is 26.1 Å². The number of nitrogens with zero attached hydrogens (tertiary/aromatic N) is 1. The molecule has 6 nitrogen and oxygen atoms in total. The summed E-state index contributed by atoms with van der Waals surface area (Å²) in [7, 11) is 0. The zero-order valence-corrected chi connectivity index (χ0v) is 16.6. The van der Waals surface area contributed by atoms with Crippen molar-refractivity contribution in [3.05, 3.63) is 24.3 Å². The third-order valence-electron chi connectivity index (χ3n) is 2.30. The fourth-order valence-electron chi connectivity index (χ4n) is 1.29. The number of benzene rings is 1. The third kappa shape index (κ3) is 11.3. The second-order valence-electron chi connectivity index (χ2n) is 3.71. The van der Waals surface area contributed by atoms with Crippen LogP contribution in [0.4, 0.5) is 5.69 Å². The van der Waals surface area contributed by atoms with Crippen LogP contribution in [0, 0.1) is 0 Å². The molecule has 7 heteroatoms. The molecule has 0 spiro atoms. The average Bonchev–Trinajstić information content (AvgIpc) is 2.35. The molecule has 0 radical (unpaired) electrons. The number of anilines is 1. The monoisotopic (exact) mass is 461 g/mol. The fourth-order valence-corrected chi connectivity index (χ4v) is 2.28. The number of nitrogens with two attached hydrogens (primary N) is 1. The average molecular weight is 460 g/mol. The van der Waals surface area contributed by atoms with Crippen LogP contribution in [0.5, 0.6) is 0 Å². The molecule has 0 aliphatic rings. The van der Waals surface area contributed by atoms with Crippen LogP contribution in [0.3, 0.4) is 0 Å². The Kier molecular flexibility index (Phi) is 15.7. The molecule has 0 aliphatic heterocycles. The molecular formula is C12H23HgN2O4.